The molecular weight excluding hydrogens is 258 g/mol. The van der Waals surface area contributed by atoms with E-state index in [-0.39, 0.29) is 5.78 Å². The molecule has 0 aliphatic carbocycles. The molecule has 0 aliphatic rings. The van der Waals surface area contributed by atoms with E-state index in [4.69, 9.17) is 10.2 Å². The van der Waals surface area contributed by atoms with Gasteiger partial charge in [-0.2, -0.15) is 0 Å². The molecule has 0 bridgehead atoms. The largest absolute Gasteiger partial charge is 0.457 e. The molecule has 0 unspecified atom stereocenters. The van der Waals surface area contributed by atoms with Crippen LogP contribution in [0, 0.1) is 0 Å². The number of carbonyl (C=O) groups is 1. The second-order valence-electron chi connectivity index (χ2n) is 3.09. The molecule has 1 heterocycles. The summed E-state index contributed by atoms with van der Waals surface area (Å²) in [5.41, 5.74) is 7.29. The highest BCUT2D eigenvalue weighted by atomic mass is 79.9. The predicted molar refractivity (Wildman–Crippen MR) is 60.7 cm³/mol. The van der Waals surface area contributed by atoms with Gasteiger partial charge in [0.2, 0.25) is 0 Å². The van der Waals surface area contributed by atoms with E-state index in [1.54, 1.807) is 30.3 Å². The second-order valence-corrected chi connectivity index (χ2v) is 3.87. The molecule has 3 nitrogen and oxygen atoms in total. The molecule has 1 aromatic carbocycles. The number of anilines is 1. The first-order valence-corrected chi connectivity index (χ1v) is 5.10. The zero-order chi connectivity index (χ0) is 10.8. The summed E-state index contributed by atoms with van der Waals surface area (Å²) in [7, 11) is 0. The van der Waals surface area contributed by atoms with Crippen molar-refractivity contribution >= 4 is 27.4 Å². The first-order chi connectivity index (χ1) is 7.16. The van der Waals surface area contributed by atoms with E-state index < -0.39 is 0 Å². The van der Waals surface area contributed by atoms with Crippen molar-refractivity contribution < 1.29 is 9.21 Å². The Kier molecular flexibility index (Phi) is 2.60. The number of carbonyl (C=O) groups excluding carboxylic acids is 1. The van der Waals surface area contributed by atoms with Crippen LogP contribution in [0.2, 0.25) is 0 Å². The van der Waals surface area contributed by atoms with Gasteiger partial charge in [0.15, 0.2) is 10.5 Å². The summed E-state index contributed by atoms with van der Waals surface area (Å²) < 4.78 is 5.54. The summed E-state index contributed by atoms with van der Waals surface area (Å²) in [6.07, 6.45) is 1.42. The Morgan fingerprint density at radius 3 is 2.40 bits per heavy atom. The Morgan fingerprint density at radius 2 is 1.87 bits per heavy atom. The van der Waals surface area contributed by atoms with E-state index >= 15 is 0 Å². The molecule has 0 spiro atoms. The molecule has 2 aromatic rings. The van der Waals surface area contributed by atoms with Gasteiger partial charge in [0.1, 0.15) is 6.26 Å². The van der Waals surface area contributed by atoms with Crippen molar-refractivity contribution in [2.45, 2.75) is 0 Å². The van der Waals surface area contributed by atoms with Gasteiger partial charge in [-0.05, 0) is 40.2 Å². The van der Waals surface area contributed by atoms with Crippen LogP contribution in [-0.4, -0.2) is 5.78 Å². The summed E-state index contributed by atoms with van der Waals surface area (Å²) >= 11 is 3.15. The molecule has 0 fully saturated rings. The fourth-order valence-electron chi connectivity index (χ4n) is 1.23. The Bertz CT molecular complexity index is 488. The number of benzene rings is 1. The van der Waals surface area contributed by atoms with E-state index in [0.29, 0.717) is 21.5 Å². The quantitative estimate of drug-likeness (QED) is 0.671. The van der Waals surface area contributed by atoms with Gasteiger partial charge in [-0.15, -0.1) is 0 Å². The molecule has 0 aliphatic heterocycles. The zero-order valence-electron chi connectivity index (χ0n) is 7.74. The van der Waals surface area contributed by atoms with Gasteiger partial charge in [-0.3, -0.25) is 4.79 Å². The molecule has 76 valence electrons. The molecule has 0 atom stereocenters. The van der Waals surface area contributed by atoms with Gasteiger partial charge in [-0.1, -0.05) is 0 Å². The van der Waals surface area contributed by atoms with Crippen molar-refractivity contribution in [1.29, 1.82) is 0 Å². The molecule has 2 rings (SSSR count). The highest BCUT2D eigenvalue weighted by Gasteiger charge is 2.11. The van der Waals surface area contributed by atoms with Crippen LogP contribution in [0.15, 0.2) is 45.7 Å². The van der Waals surface area contributed by atoms with Crippen molar-refractivity contribution in [1.82, 2.24) is 0 Å². The number of hydrogen-bond acceptors (Lipinski definition) is 3. The summed E-state index contributed by atoms with van der Waals surface area (Å²) in [5.74, 6) is -0.0792. The third-order valence-corrected chi connectivity index (χ3v) is 2.42. The number of ketones is 1. The third-order valence-electron chi connectivity index (χ3n) is 2.00. The average Bonchev–Trinajstić information content (AvgIpc) is 2.65. The van der Waals surface area contributed by atoms with Gasteiger partial charge >= 0.3 is 0 Å². The number of halogens is 1. The molecule has 15 heavy (non-hydrogen) atoms. The van der Waals surface area contributed by atoms with Crippen LogP contribution in [0.4, 0.5) is 5.69 Å². The molecule has 0 saturated carbocycles. The fraction of sp³-hybridized carbons (Fsp3) is 0. The topological polar surface area (TPSA) is 56.2 Å². The third kappa shape index (κ3) is 2.10. The number of hydrogen-bond donors (Lipinski definition) is 1. The minimum Gasteiger partial charge on any atom is -0.457 e. The van der Waals surface area contributed by atoms with Crippen LogP contribution in [0.5, 0.6) is 0 Å². The Balaban J connectivity index is 2.32. The number of nitrogen functional groups attached to an aromatic ring is 1. The van der Waals surface area contributed by atoms with E-state index in [2.05, 4.69) is 15.9 Å². The standard InChI is InChI=1S/C11H8BrNO2/c12-10-5-8(6-15-10)11(14)7-1-3-9(13)4-2-7/h1-6H,13H2. The highest BCUT2D eigenvalue weighted by molar-refractivity contribution is 9.10. The maximum Gasteiger partial charge on any atom is 0.196 e. The normalized spacial score (nSPS) is 10.2. The molecule has 0 saturated heterocycles. The number of rotatable bonds is 2. The van der Waals surface area contributed by atoms with Crippen LogP contribution in [0.3, 0.4) is 0 Å². The van der Waals surface area contributed by atoms with Crippen LogP contribution < -0.4 is 5.73 Å². The molecule has 0 amide bonds. The first-order valence-electron chi connectivity index (χ1n) is 4.31. The smallest absolute Gasteiger partial charge is 0.196 e. The van der Waals surface area contributed by atoms with Crippen LogP contribution in [-0.2, 0) is 0 Å². The van der Waals surface area contributed by atoms with Gasteiger partial charge in [0.25, 0.3) is 0 Å². The van der Waals surface area contributed by atoms with Gasteiger partial charge in [0.05, 0.1) is 5.56 Å². The van der Waals surface area contributed by atoms with E-state index in [1.165, 1.54) is 6.26 Å². The minimum atomic E-state index is -0.0792. The monoisotopic (exact) mass is 265 g/mol. The summed E-state index contributed by atoms with van der Waals surface area (Å²) in [5, 5.41) is 0. The zero-order valence-corrected chi connectivity index (χ0v) is 9.32. The molecular formula is C11H8BrNO2. The summed E-state index contributed by atoms with van der Waals surface area (Å²) in [4.78, 5) is 11.8. The molecule has 0 radical (unpaired) electrons. The summed E-state index contributed by atoms with van der Waals surface area (Å²) in [6, 6.07) is 8.42. The van der Waals surface area contributed by atoms with Crippen LogP contribution in [0.1, 0.15) is 15.9 Å². The van der Waals surface area contributed by atoms with Crippen LogP contribution >= 0.6 is 15.9 Å². The lowest BCUT2D eigenvalue weighted by molar-refractivity contribution is 0.103. The van der Waals surface area contributed by atoms with E-state index in [9.17, 15) is 4.79 Å². The van der Waals surface area contributed by atoms with E-state index in [0.717, 1.165) is 0 Å². The van der Waals surface area contributed by atoms with Crippen molar-refractivity contribution in [3.63, 3.8) is 0 Å². The molecule has 2 N–H and O–H groups in total. The van der Waals surface area contributed by atoms with Gasteiger partial charge < -0.3 is 10.2 Å². The highest BCUT2D eigenvalue weighted by Crippen LogP contribution is 2.18. The average molecular weight is 266 g/mol. The first kappa shape index (κ1) is 9.98. The van der Waals surface area contributed by atoms with Gasteiger partial charge in [0, 0.05) is 17.3 Å². The predicted octanol–water partition coefficient (Wildman–Crippen LogP) is 2.86. The number of nitrogens with two attached hydrogens (primary N) is 1. The maximum atomic E-state index is 11.8. The van der Waals surface area contributed by atoms with Crippen molar-refractivity contribution in [2.24, 2.45) is 0 Å². The minimum absolute atomic E-state index is 0.0792. The van der Waals surface area contributed by atoms with Crippen LogP contribution in [0.25, 0.3) is 0 Å². The Labute approximate surface area is 95.0 Å². The molecule has 1 aromatic heterocycles. The SMILES string of the molecule is Nc1ccc(C(=O)c2coc(Br)c2)cc1. The fourth-order valence-corrected chi connectivity index (χ4v) is 1.57. The lowest BCUT2D eigenvalue weighted by atomic mass is 10.1. The molecule has 4 heteroatoms. The van der Waals surface area contributed by atoms with E-state index in [1.807, 2.05) is 0 Å². The Hall–Kier alpha value is -1.55. The summed E-state index contributed by atoms with van der Waals surface area (Å²) in [6.45, 7) is 0. The van der Waals surface area contributed by atoms with Crippen molar-refractivity contribution in [3.05, 3.63) is 52.4 Å². The Morgan fingerprint density at radius 1 is 1.20 bits per heavy atom. The number of furan rings is 1. The second kappa shape index (κ2) is 3.90. The lowest BCUT2D eigenvalue weighted by Gasteiger charge is -1.97. The maximum absolute atomic E-state index is 11.8. The lowest BCUT2D eigenvalue weighted by Crippen LogP contribution is -1.99. The van der Waals surface area contributed by atoms with Gasteiger partial charge in [-0.25, -0.2) is 0 Å². The van der Waals surface area contributed by atoms with Crippen molar-refractivity contribution in [2.75, 3.05) is 5.73 Å². The van der Waals surface area contributed by atoms with Crippen molar-refractivity contribution in [3.8, 4) is 0 Å².